The van der Waals surface area contributed by atoms with Crippen LogP contribution in [0.3, 0.4) is 0 Å². The number of hydrogen-bond donors (Lipinski definition) is 0. The zero-order chi connectivity index (χ0) is 10.7. The lowest BCUT2D eigenvalue weighted by molar-refractivity contribution is 0.605. The van der Waals surface area contributed by atoms with Crippen LogP contribution in [-0.2, 0) is 13.5 Å². The molecule has 0 spiro atoms. The number of pyridine rings is 1. The Morgan fingerprint density at radius 3 is 2.64 bits per heavy atom. The summed E-state index contributed by atoms with van der Waals surface area (Å²) < 4.78 is 1.55. The Morgan fingerprint density at radius 2 is 2.14 bits per heavy atom. The van der Waals surface area contributed by atoms with Gasteiger partial charge in [-0.1, -0.05) is 13.8 Å². The molecular formula is C11H14N2O. The lowest BCUT2D eigenvalue weighted by atomic mass is 10.1. The molecule has 1 aromatic heterocycles. The zero-order valence-corrected chi connectivity index (χ0v) is 8.74. The molecule has 0 amide bonds. The first-order chi connectivity index (χ1) is 6.56. The van der Waals surface area contributed by atoms with E-state index in [1.54, 1.807) is 17.7 Å². The molecule has 1 heterocycles. The molecule has 0 aromatic carbocycles. The third-order valence-corrected chi connectivity index (χ3v) is 2.15. The molecule has 1 aromatic rings. The molecule has 0 unspecified atom stereocenters. The van der Waals surface area contributed by atoms with Crippen molar-refractivity contribution in [1.82, 2.24) is 4.57 Å². The minimum Gasteiger partial charge on any atom is -0.315 e. The molecule has 0 aliphatic heterocycles. The lowest BCUT2D eigenvalue weighted by Crippen LogP contribution is -2.23. The second-order valence-electron chi connectivity index (χ2n) is 3.81. The van der Waals surface area contributed by atoms with Gasteiger partial charge < -0.3 is 4.57 Å². The lowest BCUT2D eigenvalue weighted by Gasteiger charge is -2.09. The van der Waals surface area contributed by atoms with Crippen LogP contribution in [0.15, 0.2) is 16.9 Å². The van der Waals surface area contributed by atoms with Crippen LogP contribution in [0.4, 0.5) is 0 Å². The Morgan fingerprint density at radius 1 is 1.50 bits per heavy atom. The van der Waals surface area contributed by atoms with Gasteiger partial charge in [-0.25, -0.2) is 0 Å². The molecule has 0 aliphatic carbocycles. The predicted octanol–water partition coefficient (Wildman–Crippen LogP) is 1.46. The highest BCUT2D eigenvalue weighted by Gasteiger charge is 2.06. The second-order valence-corrected chi connectivity index (χ2v) is 3.81. The molecule has 1 rings (SSSR count). The van der Waals surface area contributed by atoms with Crippen molar-refractivity contribution in [3.8, 4) is 6.07 Å². The molecule has 0 aliphatic rings. The second kappa shape index (κ2) is 4.10. The van der Waals surface area contributed by atoms with Crippen LogP contribution >= 0.6 is 0 Å². The van der Waals surface area contributed by atoms with Gasteiger partial charge in [0.15, 0.2) is 0 Å². The van der Waals surface area contributed by atoms with Crippen LogP contribution in [0.1, 0.15) is 25.1 Å². The molecule has 14 heavy (non-hydrogen) atoms. The quantitative estimate of drug-likeness (QED) is 0.708. The summed E-state index contributed by atoms with van der Waals surface area (Å²) in [5, 5.41) is 8.65. The Balaban J connectivity index is 3.19. The standard InChI is InChI=1S/C11H14N2O/c1-8(2)6-10-5-4-9(7-12)11(14)13(10)3/h4-5,8H,6H2,1-3H3. The third kappa shape index (κ3) is 2.02. The molecule has 74 valence electrons. The highest BCUT2D eigenvalue weighted by Crippen LogP contribution is 2.05. The maximum absolute atomic E-state index is 11.5. The van der Waals surface area contributed by atoms with Gasteiger partial charge >= 0.3 is 0 Å². The fraction of sp³-hybridized carbons (Fsp3) is 0.455. The van der Waals surface area contributed by atoms with Gasteiger partial charge in [-0.3, -0.25) is 4.79 Å². The predicted molar refractivity (Wildman–Crippen MR) is 54.9 cm³/mol. The number of nitriles is 1. The van der Waals surface area contributed by atoms with Gasteiger partial charge in [-0.15, -0.1) is 0 Å². The van der Waals surface area contributed by atoms with E-state index in [1.807, 2.05) is 12.1 Å². The number of aromatic nitrogens is 1. The van der Waals surface area contributed by atoms with Gasteiger partial charge in [0.1, 0.15) is 11.6 Å². The van der Waals surface area contributed by atoms with Crippen LogP contribution < -0.4 is 5.56 Å². The average molecular weight is 190 g/mol. The normalized spacial score (nSPS) is 10.2. The highest BCUT2D eigenvalue weighted by molar-refractivity contribution is 5.27. The SMILES string of the molecule is CC(C)Cc1ccc(C#N)c(=O)n1C. The molecule has 0 saturated heterocycles. The summed E-state index contributed by atoms with van der Waals surface area (Å²) >= 11 is 0. The van der Waals surface area contributed by atoms with E-state index in [0.29, 0.717) is 5.92 Å². The van der Waals surface area contributed by atoms with E-state index in [2.05, 4.69) is 13.8 Å². The molecule has 0 bridgehead atoms. The molecule has 0 atom stereocenters. The van der Waals surface area contributed by atoms with Crippen LogP contribution in [-0.4, -0.2) is 4.57 Å². The summed E-state index contributed by atoms with van der Waals surface area (Å²) in [5.74, 6) is 0.508. The Bertz CT molecular complexity index is 424. The Hall–Kier alpha value is -1.56. The number of hydrogen-bond acceptors (Lipinski definition) is 2. The Labute approximate surface area is 83.6 Å². The van der Waals surface area contributed by atoms with Crippen LogP contribution in [0, 0.1) is 17.2 Å². The van der Waals surface area contributed by atoms with Crippen molar-refractivity contribution >= 4 is 0 Å². The van der Waals surface area contributed by atoms with Gasteiger partial charge in [-0.2, -0.15) is 5.26 Å². The van der Waals surface area contributed by atoms with Gasteiger partial charge in [0.05, 0.1) is 0 Å². The van der Waals surface area contributed by atoms with Crippen molar-refractivity contribution in [2.24, 2.45) is 13.0 Å². The van der Waals surface area contributed by atoms with E-state index in [9.17, 15) is 4.79 Å². The third-order valence-electron chi connectivity index (χ3n) is 2.15. The smallest absolute Gasteiger partial charge is 0.268 e. The highest BCUT2D eigenvalue weighted by atomic mass is 16.1. The summed E-state index contributed by atoms with van der Waals surface area (Å²) in [6.45, 7) is 4.20. The van der Waals surface area contributed by atoms with Crippen molar-refractivity contribution in [2.75, 3.05) is 0 Å². The van der Waals surface area contributed by atoms with E-state index >= 15 is 0 Å². The molecule has 3 nitrogen and oxygen atoms in total. The van der Waals surface area contributed by atoms with Crippen molar-refractivity contribution < 1.29 is 0 Å². The maximum atomic E-state index is 11.5. The molecule has 0 fully saturated rings. The first-order valence-electron chi connectivity index (χ1n) is 4.65. The number of rotatable bonds is 2. The van der Waals surface area contributed by atoms with Crippen molar-refractivity contribution in [2.45, 2.75) is 20.3 Å². The maximum Gasteiger partial charge on any atom is 0.268 e. The molecule has 0 radical (unpaired) electrons. The summed E-state index contributed by atoms with van der Waals surface area (Å²) in [6.07, 6.45) is 0.859. The van der Waals surface area contributed by atoms with Crippen molar-refractivity contribution in [1.29, 1.82) is 5.26 Å². The number of nitrogens with zero attached hydrogens (tertiary/aromatic N) is 2. The molecule has 0 N–H and O–H groups in total. The summed E-state index contributed by atoms with van der Waals surface area (Å²) in [7, 11) is 1.71. The van der Waals surface area contributed by atoms with E-state index < -0.39 is 0 Å². The van der Waals surface area contributed by atoms with Crippen molar-refractivity contribution in [3.05, 3.63) is 33.7 Å². The van der Waals surface area contributed by atoms with Crippen LogP contribution in [0.5, 0.6) is 0 Å². The summed E-state index contributed by atoms with van der Waals surface area (Å²) in [5.41, 5.74) is 0.981. The summed E-state index contributed by atoms with van der Waals surface area (Å²) in [4.78, 5) is 11.5. The van der Waals surface area contributed by atoms with Crippen LogP contribution in [0.2, 0.25) is 0 Å². The molecule has 0 saturated carbocycles. The van der Waals surface area contributed by atoms with E-state index in [0.717, 1.165) is 12.1 Å². The van der Waals surface area contributed by atoms with E-state index in [1.165, 1.54) is 0 Å². The van der Waals surface area contributed by atoms with Crippen LogP contribution in [0.25, 0.3) is 0 Å². The summed E-state index contributed by atoms with van der Waals surface area (Å²) in [6, 6.07) is 5.33. The van der Waals surface area contributed by atoms with Gasteiger partial charge in [0.2, 0.25) is 0 Å². The van der Waals surface area contributed by atoms with Gasteiger partial charge in [0.25, 0.3) is 5.56 Å². The average Bonchev–Trinajstić information content (AvgIpc) is 2.13. The zero-order valence-electron chi connectivity index (χ0n) is 8.74. The van der Waals surface area contributed by atoms with Gasteiger partial charge in [-0.05, 0) is 24.5 Å². The Kier molecular flexibility index (Phi) is 3.08. The molecular weight excluding hydrogens is 176 g/mol. The van der Waals surface area contributed by atoms with E-state index in [-0.39, 0.29) is 11.1 Å². The van der Waals surface area contributed by atoms with E-state index in [4.69, 9.17) is 5.26 Å². The topological polar surface area (TPSA) is 45.8 Å². The largest absolute Gasteiger partial charge is 0.315 e. The fourth-order valence-corrected chi connectivity index (χ4v) is 1.38. The monoisotopic (exact) mass is 190 g/mol. The van der Waals surface area contributed by atoms with Gasteiger partial charge in [0, 0.05) is 12.7 Å². The van der Waals surface area contributed by atoms with Crippen molar-refractivity contribution in [3.63, 3.8) is 0 Å². The minimum absolute atomic E-state index is 0.203. The first-order valence-corrected chi connectivity index (χ1v) is 4.65. The minimum atomic E-state index is -0.203. The molecule has 3 heteroatoms. The fourth-order valence-electron chi connectivity index (χ4n) is 1.38. The first kappa shape index (κ1) is 10.5.